The van der Waals surface area contributed by atoms with Crippen LogP contribution in [-0.4, -0.2) is 62.6 Å². The van der Waals surface area contributed by atoms with E-state index in [9.17, 15) is 4.39 Å². The maximum Gasteiger partial charge on any atom is 0.165 e. The summed E-state index contributed by atoms with van der Waals surface area (Å²) in [6.07, 6.45) is 0. The highest BCUT2D eigenvalue weighted by Gasteiger charge is 2.19. The van der Waals surface area contributed by atoms with Gasteiger partial charge < -0.3 is 52.1 Å². The topological polar surface area (TPSA) is 102 Å². The lowest BCUT2D eigenvalue weighted by atomic mass is 10.2. The van der Waals surface area contributed by atoms with Crippen molar-refractivity contribution in [1.82, 2.24) is 0 Å². The van der Waals surface area contributed by atoms with Gasteiger partial charge in [-0.3, -0.25) is 0 Å². The summed E-state index contributed by atoms with van der Waals surface area (Å²) < 4.78 is 74.6. The predicted molar refractivity (Wildman–Crippen MR) is 513 cm³/mol. The van der Waals surface area contributed by atoms with Crippen LogP contribution in [0.25, 0.3) is 0 Å². The molecule has 0 saturated carbocycles. The normalized spacial score (nSPS) is 11.3. The van der Waals surface area contributed by atoms with E-state index in [-0.39, 0.29) is 61.8 Å². The summed E-state index contributed by atoms with van der Waals surface area (Å²) in [5, 5.41) is 0. The molecule has 0 fully saturated rings. The SMILES string of the molecule is CC(C)(C)Oc1ccccc1.CC(C)(C)Oc1ccccc1F.CCOc1ccc(OC(C)(C)C)cc1.Cc1ccc(OC(C)(C)C)cc1.Cc1ccc(OC(C)(C)C)cc1.Cc1ccc(OC(C)(C)C)cc1.Cc1ccc(OC(C)(C)C)cc1.Cc1ccc(OC(C)(C)C)cc1.Cc1cccc(OC(C)(C)C)c1.Cc1cccc(OC(C)(C)C)c1. The Morgan fingerprint density at radius 3 is 0.570 bits per heavy atom. The van der Waals surface area contributed by atoms with E-state index in [1.54, 1.807) is 18.2 Å². The summed E-state index contributed by atoms with van der Waals surface area (Å²) in [5.41, 5.74) is 7.47. The van der Waals surface area contributed by atoms with Crippen LogP contribution in [0.5, 0.6) is 63.2 Å². The molecule has 0 aliphatic carbocycles. The minimum absolute atomic E-state index is 0.0959. The molecule has 0 saturated heterocycles. The lowest BCUT2D eigenvalue weighted by Crippen LogP contribution is -2.23. The number of hydrogen-bond donors (Lipinski definition) is 0. The summed E-state index contributed by atoms with van der Waals surface area (Å²) in [7, 11) is 0. The van der Waals surface area contributed by atoms with Gasteiger partial charge in [0.2, 0.25) is 0 Å². The van der Waals surface area contributed by atoms with Crippen molar-refractivity contribution < 1.29 is 56.5 Å². The van der Waals surface area contributed by atoms with Crippen LogP contribution in [0, 0.1) is 54.3 Å². The molecule has 0 N–H and O–H groups in total. The first-order valence-electron chi connectivity index (χ1n) is 42.3. The van der Waals surface area contributed by atoms with E-state index in [1.165, 1.54) is 45.0 Å². The largest absolute Gasteiger partial charge is 0.494 e. The maximum atomic E-state index is 13.0. The summed E-state index contributed by atoms with van der Waals surface area (Å²) in [6.45, 7) is 78.1. The zero-order valence-electron chi connectivity index (χ0n) is 81.7. The van der Waals surface area contributed by atoms with Crippen LogP contribution in [0.4, 0.5) is 4.39 Å². The van der Waals surface area contributed by atoms with E-state index in [2.05, 4.69) is 163 Å². The van der Waals surface area contributed by atoms with Crippen molar-refractivity contribution in [3.63, 3.8) is 0 Å². The Morgan fingerprint density at radius 1 is 0.182 bits per heavy atom. The van der Waals surface area contributed by atoms with Crippen molar-refractivity contribution >= 4 is 0 Å². The molecule has 12 heteroatoms. The predicted octanol–water partition coefficient (Wildman–Crippen LogP) is 31.3. The quantitative estimate of drug-likeness (QED) is 0.117. The highest BCUT2D eigenvalue weighted by Crippen LogP contribution is 2.28. The molecular weight excluding hydrogens is 1500 g/mol. The molecule has 11 nitrogen and oxygen atoms in total. The van der Waals surface area contributed by atoms with Crippen LogP contribution in [-0.2, 0) is 0 Å². The van der Waals surface area contributed by atoms with E-state index in [1.807, 2.05) is 325 Å². The van der Waals surface area contributed by atoms with Gasteiger partial charge in [0.05, 0.1) is 6.61 Å². The van der Waals surface area contributed by atoms with Gasteiger partial charge in [-0.1, -0.05) is 143 Å². The molecule has 0 aromatic heterocycles. The number of aryl methyl sites for hydroxylation is 7. The van der Waals surface area contributed by atoms with Gasteiger partial charge in [0.15, 0.2) is 11.6 Å². The fourth-order valence-electron chi connectivity index (χ4n) is 9.69. The molecule has 0 atom stereocenters. The summed E-state index contributed by atoms with van der Waals surface area (Å²) in [5.74, 6) is 9.27. The Bertz CT molecular complexity index is 3970. The molecule has 0 unspecified atom stereocenters. The number of para-hydroxylation sites is 2. The Labute approximate surface area is 734 Å². The molecule has 0 spiro atoms. The second-order valence-corrected chi connectivity index (χ2v) is 39.5. The van der Waals surface area contributed by atoms with E-state index in [4.69, 9.17) is 52.1 Å². The van der Waals surface area contributed by atoms with Gasteiger partial charge in [-0.15, -0.1) is 0 Å². The molecule has 0 aliphatic rings. The smallest absolute Gasteiger partial charge is 0.165 e. The number of benzene rings is 10. The first-order valence-corrected chi connectivity index (χ1v) is 42.3. The van der Waals surface area contributed by atoms with E-state index >= 15 is 0 Å². The monoisotopic (exact) mass is 1660 g/mol. The van der Waals surface area contributed by atoms with Crippen LogP contribution in [0.3, 0.4) is 0 Å². The van der Waals surface area contributed by atoms with Gasteiger partial charge in [-0.2, -0.15) is 0 Å². The first-order chi connectivity index (χ1) is 55.4. The van der Waals surface area contributed by atoms with Crippen LogP contribution in [0.15, 0.2) is 249 Å². The third kappa shape index (κ3) is 63.6. The Kier molecular flexibility index (Phi) is 45.9. The van der Waals surface area contributed by atoms with Gasteiger partial charge in [0.25, 0.3) is 0 Å². The molecule has 0 radical (unpaired) electrons. The van der Waals surface area contributed by atoms with Crippen molar-refractivity contribution in [2.45, 2.75) is 319 Å². The molecule has 666 valence electrons. The van der Waals surface area contributed by atoms with Gasteiger partial charge in [0.1, 0.15) is 114 Å². The highest BCUT2D eigenvalue weighted by atomic mass is 19.1. The van der Waals surface area contributed by atoms with E-state index < -0.39 is 0 Å². The molecule has 0 heterocycles. The summed E-state index contributed by atoms with van der Waals surface area (Å²) >= 11 is 0. The van der Waals surface area contributed by atoms with Crippen LogP contribution in [0.1, 0.15) is 254 Å². The third-order valence-electron chi connectivity index (χ3n) is 14.0. The minimum atomic E-state index is -0.345. The van der Waals surface area contributed by atoms with Gasteiger partial charge in [-0.05, 0) is 408 Å². The average molecular weight is 1660 g/mol. The summed E-state index contributed by atoms with van der Waals surface area (Å²) in [4.78, 5) is 0. The Hall–Kier alpha value is -10.1. The number of ether oxygens (including phenoxy) is 11. The van der Waals surface area contributed by atoms with Gasteiger partial charge in [-0.25, -0.2) is 4.39 Å². The molecule has 10 aromatic carbocycles. The molecule has 121 heavy (non-hydrogen) atoms. The van der Waals surface area contributed by atoms with E-state index in [0.29, 0.717) is 12.4 Å². The zero-order valence-corrected chi connectivity index (χ0v) is 81.7. The lowest BCUT2D eigenvalue weighted by molar-refractivity contribution is 0.124. The van der Waals surface area contributed by atoms with Crippen molar-refractivity contribution in [3.8, 4) is 63.2 Å². The first kappa shape index (κ1) is 109. The minimum Gasteiger partial charge on any atom is -0.494 e. The van der Waals surface area contributed by atoms with Crippen molar-refractivity contribution in [2.24, 2.45) is 0 Å². The molecule has 0 bridgehead atoms. The van der Waals surface area contributed by atoms with Crippen LogP contribution >= 0.6 is 0 Å². The highest BCUT2D eigenvalue weighted by molar-refractivity contribution is 5.35. The molecule has 10 rings (SSSR count). The van der Waals surface area contributed by atoms with Crippen molar-refractivity contribution in [3.05, 3.63) is 293 Å². The van der Waals surface area contributed by atoms with Crippen molar-refractivity contribution in [2.75, 3.05) is 6.61 Å². The van der Waals surface area contributed by atoms with Crippen LogP contribution in [0.2, 0.25) is 0 Å². The standard InChI is InChI=1S/C12H18O2.7C11H16O.C10H13FO.C10H14O/c1-5-13-10-6-8-11(9-7-10)14-12(2,3)4;5*1-9-5-7-10(8-6-9)12-11(2,3)4;2*1-9-6-5-7-10(8-9)12-11(2,3)4;1-10(2,3)12-9-7-5-4-6-8(9)11;1-10(2,3)11-9-7-5-4-6-8-9/h6-9H,5H2,1-4H3;7*5-8H,1-4H3;4-7H,1-3H3;4-8H,1-3H3. The lowest BCUT2D eigenvalue weighted by Gasteiger charge is -2.21. The van der Waals surface area contributed by atoms with Gasteiger partial charge >= 0.3 is 0 Å². The molecular formula is C109H157FO11. The maximum absolute atomic E-state index is 13.0. The fourth-order valence-corrected chi connectivity index (χ4v) is 9.69. The third-order valence-corrected chi connectivity index (χ3v) is 14.0. The van der Waals surface area contributed by atoms with Crippen LogP contribution < -0.4 is 52.1 Å². The van der Waals surface area contributed by atoms with Gasteiger partial charge in [0, 0.05) is 0 Å². The van der Waals surface area contributed by atoms with Crippen molar-refractivity contribution in [1.29, 1.82) is 0 Å². The Morgan fingerprint density at radius 2 is 0.364 bits per heavy atom. The number of rotatable bonds is 12. The average Bonchev–Trinajstić information content (AvgIpc) is 0.954. The fraction of sp³-hybridized carbons (Fsp3) is 0.450. The molecule has 0 aliphatic heterocycles. The van der Waals surface area contributed by atoms with E-state index in [0.717, 1.165) is 57.5 Å². The number of hydrogen-bond acceptors (Lipinski definition) is 11. The second-order valence-electron chi connectivity index (χ2n) is 39.5. The Balaban J connectivity index is 0.000000673. The zero-order chi connectivity index (χ0) is 92.4. The summed E-state index contributed by atoms with van der Waals surface area (Å²) in [6, 6.07) is 80.7. The number of halogens is 1. The molecule has 10 aromatic rings. The second kappa shape index (κ2) is 51.0. The molecule has 0 amide bonds.